The first-order chi connectivity index (χ1) is 49.0. The van der Waals surface area contributed by atoms with Crippen LogP contribution in [0.15, 0.2) is 30.3 Å². The smallest absolute Gasteiger partial charge is 0.329 e. The number of nitrogens with one attached hydrogen (secondary N) is 12. The minimum Gasteiger partial charge on any atom is -0.458 e. The van der Waals surface area contributed by atoms with E-state index in [-0.39, 0.29) is 57.5 Å². The lowest BCUT2D eigenvalue weighted by molar-refractivity contribution is -0.157. The highest BCUT2D eigenvalue weighted by atomic mass is 16.5. The van der Waals surface area contributed by atoms with E-state index in [9.17, 15) is 62.6 Å². The molecule has 0 aliphatic carbocycles. The van der Waals surface area contributed by atoms with Gasteiger partial charge in [-0.1, -0.05) is 160 Å². The number of rotatable bonds is 33. The summed E-state index contributed by atoms with van der Waals surface area (Å²) in [7, 11) is 0. The third-order valence-corrected chi connectivity index (χ3v) is 19.5. The number of likely N-dealkylation sites (tertiary alicyclic amines) is 1. The van der Waals surface area contributed by atoms with E-state index in [1.807, 2.05) is 13.8 Å². The fraction of sp³-hybridized carbons (Fsp3) is 0.733. The van der Waals surface area contributed by atoms with Gasteiger partial charge in [-0.3, -0.25) is 62.3 Å². The number of amides is 13. The van der Waals surface area contributed by atoms with E-state index < -0.39 is 209 Å². The van der Waals surface area contributed by atoms with Gasteiger partial charge in [-0.15, -0.1) is 0 Å². The maximum Gasteiger partial charge on any atom is 0.329 e. The molecule has 0 saturated carbocycles. The van der Waals surface area contributed by atoms with Crippen LogP contribution in [-0.2, 0) is 78.3 Å². The lowest BCUT2D eigenvalue weighted by atomic mass is 9.95. The summed E-state index contributed by atoms with van der Waals surface area (Å²) >= 11 is 0. The van der Waals surface area contributed by atoms with Crippen molar-refractivity contribution >= 4 is 82.8 Å². The molecule has 2 aliphatic heterocycles. The molecule has 0 unspecified atom stereocenters. The Kier molecular flexibility index (Phi) is 37.0. The predicted molar refractivity (Wildman–Crippen MR) is 396 cm³/mol. The molecule has 30 heteroatoms. The monoisotopic (exact) mass is 1480 g/mol. The molecule has 15 N–H and O–H groups in total. The van der Waals surface area contributed by atoms with E-state index in [1.54, 1.807) is 127 Å². The molecular weight excluding hydrogens is 1350 g/mol. The van der Waals surface area contributed by atoms with Crippen LogP contribution in [0.2, 0.25) is 0 Å². The molecule has 2 aliphatic rings. The van der Waals surface area contributed by atoms with Crippen molar-refractivity contribution in [1.29, 1.82) is 0 Å². The lowest BCUT2D eigenvalue weighted by Crippen LogP contribution is -2.64. The fourth-order valence-corrected chi connectivity index (χ4v) is 12.2. The largest absolute Gasteiger partial charge is 0.458 e. The Hall–Kier alpha value is -8.28. The van der Waals surface area contributed by atoms with Crippen LogP contribution in [0.5, 0.6) is 0 Å². The van der Waals surface area contributed by atoms with Crippen molar-refractivity contribution < 1.29 is 77.0 Å². The minimum absolute atomic E-state index is 0.0225. The summed E-state index contributed by atoms with van der Waals surface area (Å²) < 4.78 is 5.98. The van der Waals surface area contributed by atoms with Crippen LogP contribution in [0.25, 0.3) is 0 Å². The van der Waals surface area contributed by atoms with Gasteiger partial charge in [-0.05, 0) is 119 Å². The van der Waals surface area contributed by atoms with Gasteiger partial charge in [-0.25, -0.2) is 4.79 Å². The number of nitrogens with two attached hydrogens (primary N) is 1. The Balaban J connectivity index is 2.00. The molecule has 1 aromatic carbocycles. The molecule has 16 atom stereocenters. The minimum atomic E-state index is -1.82. The van der Waals surface area contributed by atoms with E-state index in [0.29, 0.717) is 30.7 Å². The zero-order chi connectivity index (χ0) is 79.7. The van der Waals surface area contributed by atoms with E-state index in [1.165, 1.54) is 32.6 Å². The van der Waals surface area contributed by atoms with Crippen LogP contribution in [0, 0.1) is 47.3 Å². The summed E-state index contributed by atoms with van der Waals surface area (Å²) in [4.78, 5) is 202. The zero-order valence-electron chi connectivity index (χ0n) is 65.7. The molecule has 13 amide bonds. The Bertz CT molecular complexity index is 3130. The number of ether oxygens (including phenoxy) is 1. The number of aliphatic hydroxyl groups excluding tert-OH is 1. The predicted octanol–water partition coefficient (Wildman–Crippen LogP) is 1.71. The molecule has 2 fully saturated rings. The lowest BCUT2D eigenvalue weighted by Gasteiger charge is -2.34. The Morgan fingerprint density at radius 1 is 0.600 bits per heavy atom. The van der Waals surface area contributed by atoms with Gasteiger partial charge in [-0.2, -0.15) is 0 Å². The summed E-state index contributed by atoms with van der Waals surface area (Å²) in [6.45, 7) is 33.1. The fourth-order valence-electron chi connectivity index (χ4n) is 12.2. The van der Waals surface area contributed by atoms with Gasteiger partial charge in [0.2, 0.25) is 76.8 Å². The number of nitrogens with zero attached hydrogens (tertiary/aromatic N) is 1. The SMILES string of the molecule is CC[C@@H](C)[C@@H](NC(=O)[C@H](CCCN)NC(=O)[C@H]1CCCN1C(=O)[C@H](NC(=O)[C@@H](NC(=O)[C@@H](NC(=O)[C@H](NC(=O)CCCC(C)C)C(C)C)[C@@H](C)O)C(C)C)C(C)C)C(=O)N[C@H]1C(=O)N[C@H]([C@H](C)CC)C(=O)N[C@H](C(C)C)C(=O)N[C@@H](Cc2ccccc2)C(=O)NC(C)(C)C(=O)N[C@@H](C(C)C)C(=O)O[C@H]1C. The summed E-state index contributed by atoms with van der Waals surface area (Å²) in [5.41, 5.74) is 4.91. The van der Waals surface area contributed by atoms with Crippen LogP contribution in [-0.4, -0.2) is 196 Å². The van der Waals surface area contributed by atoms with Gasteiger partial charge in [0.25, 0.3) is 0 Å². The van der Waals surface area contributed by atoms with E-state index in [2.05, 4.69) is 63.8 Å². The van der Waals surface area contributed by atoms with Crippen LogP contribution in [0.4, 0.5) is 0 Å². The van der Waals surface area contributed by atoms with E-state index in [0.717, 1.165) is 6.42 Å². The topological polar surface area (TPSA) is 442 Å². The van der Waals surface area contributed by atoms with Gasteiger partial charge in [0.15, 0.2) is 0 Å². The summed E-state index contributed by atoms with van der Waals surface area (Å²) in [6, 6.07) is -7.57. The van der Waals surface area contributed by atoms with Crippen molar-refractivity contribution in [2.75, 3.05) is 13.1 Å². The summed E-state index contributed by atoms with van der Waals surface area (Å²) in [5, 5.41) is 43.4. The van der Waals surface area contributed by atoms with Gasteiger partial charge in [0.1, 0.15) is 84.1 Å². The standard InChI is InChI=1S/C75H126N14O16/c1-21-44(15)58(69(99)86-61-47(18)105-73(103)57(43(13)14)87-74(104)75(19,20)88-63(93)50(37-48-30-24-23-25-31-48)78-65(95)54(40(7)8)80-68(98)59(45(16)22-2)84-71(61)101)83-62(92)49(32-27-35-76)77-64(94)51-33-28-36-89(51)72(102)56(42(11)12)82-67(97)55(41(9)10)81-70(100)60(46(17)90)85-66(96)53(39(5)6)79-52(91)34-26-29-38(3)4/h23-25,30-31,38-47,49-51,53-61,90H,21-22,26-29,32-37,76H2,1-20H3,(H,77,94)(H,78,95)(H,79,91)(H,80,98)(H,81,100)(H,82,97)(H,83,92)(H,84,101)(H,85,96)(H,86,99)(H,87,104)(H,88,93)/t44-,45-,46-,47+,49+,50+,51-,53-,54-,55+,56-,57+,58-,59-,60+,61-/m1/s1. The molecule has 0 aromatic heterocycles. The van der Waals surface area contributed by atoms with Crippen LogP contribution in [0.3, 0.4) is 0 Å². The number of cyclic esters (lactones) is 1. The number of aliphatic hydroxyl groups is 1. The number of hydrogen-bond donors (Lipinski definition) is 14. The van der Waals surface area contributed by atoms with E-state index >= 15 is 9.59 Å². The van der Waals surface area contributed by atoms with Gasteiger partial charge in [0, 0.05) is 19.4 Å². The normalized spacial score (nSPS) is 22.7. The second-order valence-corrected chi connectivity index (χ2v) is 31.1. The Morgan fingerprint density at radius 3 is 1.67 bits per heavy atom. The number of carbonyl (C=O) groups is 14. The number of benzene rings is 1. The second-order valence-electron chi connectivity index (χ2n) is 31.1. The molecule has 3 rings (SSSR count). The number of carbonyl (C=O) groups excluding carboxylic acids is 14. The second kappa shape index (κ2) is 42.8. The highest BCUT2D eigenvalue weighted by molar-refractivity contribution is 6.01. The molecule has 30 nitrogen and oxygen atoms in total. The highest BCUT2D eigenvalue weighted by Gasteiger charge is 2.45. The third-order valence-electron chi connectivity index (χ3n) is 19.5. The van der Waals surface area contributed by atoms with Crippen molar-refractivity contribution in [3.63, 3.8) is 0 Å². The molecule has 0 radical (unpaired) electrons. The quantitative estimate of drug-likeness (QED) is 0.0446. The summed E-state index contributed by atoms with van der Waals surface area (Å²) in [6.07, 6.45) is -0.249. The first-order valence-electron chi connectivity index (χ1n) is 37.6. The van der Waals surface area contributed by atoms with Crippen molar-refractivity contribution in [1.82, 2.24) is 68.7 Å². The van der Waals surface area contributed by atoms with Gasteiger partial charge < -0.3 is 84.3 Å². The first kappa shape index (κ1) is 90.9. The maximum absolute atomic E-state index is 15.1. The van der Waals surface area contributed by atoms with Crippen molar-refractivity contribution in [2.24, 2.45) is 53.1 Å². The average Bonchev–Trinajstić information content (AvgIpc) is 1.80. The maximum atomic E-state index is 15.1. The van der Waals surface area contributed by atoms with Crippen molar-refractivity contribution in [3.05, 3.63) is 35.9 Å². The molecule has 0 spiro atoms. The van der Waals surface area contributed by atoms with Gasteiger partial charge >= 0.3 is 5.97 Å². The number of hydrogen-bond acceptors (Lipinski definition) is 17. The molecule has 105 heavy (non-hydrogen) atoms. The van der Waals surface area contributed by atoms with Crippen molar-refractivity contribution in [3.8, 4) is 0 Å². The first-order valence-corrected chi connectivity index (χ1v) is 37.6. The molecular formula is C75H126N14O16. The molecule has 2 saturated heterocycles. The molecule has 592 valence electrons. The van der Waals surface area contributed by atoms with E-state index in [4.69, 9.17) is 10.5 Å². The third kappa shape index (κ3) is 27.5. The Morgan fingerprint density at radius 2 is 1.13 bits per heavy atom. The average molecular weight is 1480 g/mol. The zero-order valence-corrected chi connectivity index (χ0v) is 65.7. The van der Waals surface area contributed by atoms with Crippen LogP contribution < -0.4 is 69.5 Å². The van der Waals surface area contributed by atoms with Crippen LogP contribution in [0.1, 0.15) is 202 Å². The summed E-state index contributed by atoms with van der Waals surface area (Å²) in [5.74, 6) is -14.9. The molecule has 1 aromatic rings. The van der Waals surface area contributed by atoms with Crippen LogP contribution >= 0.6 is 0 Å². The molecule has 2 heterocycles. The Labute approximate surface area is 620 Å². The van der Waals surface area contributed by atoms with Crippen molar-refractivity contribution in [2.45, 2.75) is 293 Å². The highest BCUT2D eigenvalue weighted by Crippen LogP contribution is 2.23. The molecule has 0 bridgehead atoms. The van der Waals surface area contributed by atoms with Gasteiger partial charge in [0.05, 0.1) is 6.10 Å². The number of esters is 1.